The Morgan fingerprint density at radius 3 is 2.39 bits per heavy atom. The van der Waals surface area contributed by atoms with Gasteiger partial charge in [-0.1, -0.05) is 39.0 Å². The number of rotatable bonds is 8. The van der Waals surface area contributed by atoms with Crippen LogP contribution in [0.15, 0.2) is 0 Å². The second kappa shape index (κ2) is 8.82. The van der Waals surface area contributed by atoms with Crippen LogP contribution in [0.2, 0.25) is 0 Å². The van der Waals surface area contributed by atoms with E-state index in [0.717, 1.165) is 12.8 Å². The monoisotopic (exact) mass is 262 g/mol. The Bertz CT molecular complexity index is 200. The second-order valence-electron chi connectivity index (χ2n) is 4.89. The summed E-state index contributed by atoms with van der Waals surface area (Å²) in [4.78, 5) is 0. The fraction of sp³-hybridized carbons (Fsp3) is 1.00. The molecule has 1 rings (SSSR count). The molecule has 0 aliphatic carbocycles. The quantitative estimate of drug-likeness (QED) is 0.572. The number of aliphatic hydroxyl groups is 3. The Labute approximate surface area is 109 Å². The maximum atomic E-state index is 9.45. The molecule has 3 N–H and O–H groups in total. The third-order valence-corrected chi connectivity index (χ3v) is 3.21. The number of ether oxygens (including phenoxy) is 2. The van der Waals surface area contributed by atoms with Gasteiger partial charge in [0.1, 0.15) is 6.10 Å². The molecule has 4 atom stereocenters. The van der Waals surface area contributed by atoms with E-state index >= 15 is 0 Å². The molecule has 18 heavy (non-hydrogen) atoms. The van der Waals surface area contributed by atoms with E-state index in [1.807, 2.05) is 0 Å². The number of hydrogen-bond donors (Lipinski definition) is 3. The van der Waals surface area contributed by atoms with Crippen molar-refractivity contribution < 1.29 is 24.8 Å². The third-order valence-electron chi connectivity index (χ3n) is 3.21. The first kappa shape index (κ1) is 15.9. The summed E-state index contributed by atoms with van der Waals surface area (Å²) >= 11 is 0. The van der Waals surface area contributed by atoms with E-state index in [1.54, 1.807) is 0 Å². The van der Waals surface area contributed by atoms with Gasteiger partial charge >= 0.3 is 0 Å². The lowest BCUT2D eigenvalue weighted by Crippen LogP contribution is -2.48. The van der Waals surface area contributed by atoms with Crippen LogP contribution in [-0.2, 0) is 9.47 Å². The second-order valence-corrected chi connectivity index (χ2v) is 4.89. The Hall–Kier alpha value is -0.200. The minimum Gasteiger partial charge on any atom is -0.390 e. The van der Waals surface area contributed by atoms with Gasteiger partial charge in [-0.15, -0.1) is 0 Å². The Morgan fingerprint density at radius 1 is 1.06 bits per heavy atom. The van der Waals surface area contributed by atoms with Gasteiger partial charge in [0, 0.05) is 13.0 Å². The topological polar surface area (TPSA) is 79.2 Å². The summed E-state index contributed by atoms with van der Waals surface area (Å²) in [6.07, 6.45) is 3.09. The molecule has 1 heterocycles. The van der Waals surface area contributed by atoms with Crippen LogP contribution in [0.1, 0.15) is 51.9 Å². The van der Waals surface area contributed by atoms with E-state index in [2.05, 4.69) is 6.92 Å². The molecular weight excluding hydrogens is 236 g/mol. The van der Waals surface area contributed by atoms with Gasteiger partial charge in [0.15, 0.2) is 12.6 Å². The van der Waals surface area contributed by atoms with Crippen molar-refractivity contribution in [3.8, 4) is 0 Å². The molecule has 0 amide bonds. The summed E-state index contributed by atoms with van der Waals surface area (Å²) in [5.74, 6) is 0. The Morgan fingerprint density at radius 2 is 1.72 bits per heavy atom. The van der Waals surface area contributed by atoms with Gasteiger partial charge in [0.25, 0.3) is 0 Å². The van der Waals surface area contributed by atoms with Crippen molar-refractivity contribution in [3.63, 3.8) is 0 Å². The molecule has 0 radical (unpaired) electrons. The van der Waals surface area contributed by atoms with Crippen molar-refractivity contribution >= 4 is 0 Å². The van der Waals surface area contributed by atoms with E-state index in [4.69, 9.17) is 9.47 Å². The van der Waals surface area contributed by atoms with Gasteiger partial charge in [-0.2, -0.15) is 0 Å². The van der Waals surface area contributed by atoms with Crippen molar-refractivity contribution in [1.29, 1.82) is 0 Å². The zero-order chi connectivity index (χ0) is 13.4. The van der Waals surface area contributed by atoms with Crippen LogP contribution in [0.4, 0.5) is 0 Å². The van der Waals surface area contributed by atoms with E-state index in [0.29, 0.717) is 6.61 Å². The molecule has 0 aromatic carbocycles. The number of unbranched alkanes of at least 4 members (excludes halogenated alkanes) is 5. The highest BCUT2D eigenvalue weighted by Gasteiger charge is 2.35. The van der Waals surface area contributed by atoms with Gasteiger partial charge < -0.3 is 24.8 Å². The summed E-state index contributed by atoms with van der Waals surface area (Å²) < 4.78 is 10.5. The normalized spacial score (nSPS) is 32.7. The fourth-order valence-corrected chi connectivity index (χ4v) is 2.02. The maximum Gasteiger partial charge on any atom is 0.186 e. The molecule has 5 heteroatoms. The fourth-order valence-electron chi connectivity index (χ4n) is 2.02. The van der Waals surface area contributed by atoms with Crippen LogP contribution >= 0.6 is 0 Å². The van der Waals surface area contributed by atoms with Crippen LogP contribution in [0.25, 0.3) is 0 Å². The molecule has 0 spiro atoms. The minimum atomic E-state index is -1.36. The highest BCUT2D eigenvalue weighted by Crippen LogP contribution is 2.20. The molecule has 0 saturated carbocycles. The van der Waals surface area contributed by atoms with E-state index in [-0.39, 0.29) is 6.42 Å². The lowest BCUT2D eigenvalue weighted by Gasteiger charge is -2.33. The predicted octanol–water partition coefficient (Wildman–Crippen LogP) is 1.15. The Balaban J connectivity index is 2.02. The lowest BCUT2D eigenvalue weighted by atomic mass is 10.1. The first-order valence-electron chi connectivity index (χ1n) is 6.96. The van der Waals surface area contributed by atoms with E-state index < -0.39 is 24.8 Å². The van der Waals surface area contributed by atoms with Gasteiger partial charge in [0.05, 0.1) is 6.10 Å². The van der Waals surface area contributed by atoms with Gasteiger partial charge in [-0.05, 0) is 6.42 Å². The zero-order valence-electron chi connectivity index (χ0n) is 11.1. The minimum absolute atomic E-state index is 0.202. The van der Waals surface area contributed by atoms with Crippen LogP contribution in [0.5, 0.6) is 0 Å². The molecule has 108 valence electrons. The summed E-state index contributed by atoms with van der Waals surface area (Å²) in [5.41, 5.74) is 0. The highest BCUT2D eigenvalue weighted by atomic mass is 16.7. The molecule has 0 aromatic rings. The van der Waals surface area contributed by atoms with Crippen molar-refractivity contribution in [2.75, 3.05) is 6.61 Å². The smallest absolute Gasteiger partial charge is 0.186 e. The summed E-state index contributed by atoms with van der Waals surface area (Å²) in [6.45, 7) is 2.75. The SMILES string of the molecule is CCCCCCCCOC1C[C@H](O)[C@@H](O)C(O)O1. The highest BCUT2D eigenvalue weighted by molar-refractivity contribution is 4.76. The molecular formula is C13H26O5. The molecule has 1 aliphatic heterocycles. The van der Waals surface area contributed by atoms with E-state index in [1.165, 1.54) is 25.7 Å². The van der Waals surface area contributed by atoms with Gasteiger partial charge in [0.2, 0.25) is 0 Å². The first-order valence-corrected chi connectivity index (χ1v) is 6.96. The van der Waals surface area contributed by atoms with E-state index in [9.17, 15) is 15.3 Å². The molecule has 0 aromatic heterocycles. The summed E-state index contributed by atoms with van der Waals surface area (Å²) in [6, 6.07) is 0. The van der Waals surface area contributed by atoms with Crippen molar-refractivity contribution in [2.45, 2.75) is 76.7 Å². The van der Waals surface area contributed by atoms with Crippen LogP contribution in [0.3, 0.4) is 0 Å². The molecule has 1 fully saturated rings. The van der Waals surface area contributed by atoms with Gasteiger partial charge in [-0.3, -0.25) is 0 Å². The van der Waals surface area contributed by atoms with Crippen molar-refractivity contribution in [2.24, 2.45) is 0 Å². The molecule has 0 bridgehead atoms. The standard InChI is InChI=1S/C13H26O5/c1-2-3-4-5-6-7-8-17-11-9-10(14)12(15)13(16)18-11/h10-16H,2-9H2,1H3/t10-,11?,12+,13?/m0/s1. The largest absolute Gasteiger partial charge is 0.390 e. The molecule has 1 saturated heterocycles. The molecule has 2 unspecified atom stereocenters. The predicted molar refractivity (Wildman–Crippen MR) is 66.8 cm³/mol. The zero-order valence-corrected chi connectivity index (χ0v) is 11.1. The van der Waals surface area contributed by atoms with Crippen molar-refractivity contribution in [3.05, 3.63) is 0 Å². The van der Waals surface area contributed by atoms with Crippen LogP contribution in [0, 0.1) is 0 Å². The maximum absolute atomic E-state index is 9.45. The van der Waals surface area contributed by atoms with Gasteiger partial charge in [-0.25, -0.2) is 0 Å². The van der Waals surface area contributed by atoms with Crippen LogP contribution in [-0.4, -0.2) is 46.7 Å². The summed E-state index contributed by atoms with van der Waals surface area (Å²) in [7, 11) is 0. The molecule has 5 nitrogen and oxygen atoms in total. The third kappa shape index (κ3) is 5.63. The first-order chi connectivity index (χ1) is 8.65. The number of aliphatic hydroxyl groups excluding tert-OH is 3. The average molecular weight is 262 g/mol. The average Bonchev–Trinajstić information content (AvgIpc) is 2.34. The summed E-state index contributed by atoms with van der Waals surface area (Å²) in [5, 5.41) is 28.0. The number of hydrogen-bond acceptors (Lipinski definition) is 5. The Kier molecular flexibility index (Phi) is 7.77. The van der Waals surface area contributed by atoms with Crippen LogP contribution < -0.4 is 0 Å². The lowest BCUT2D eigenvalue weighted by molar-refractivity contribution is -0.305. The van der Waals surface area contributed by atoms with Crippen molar-refractivity contribution in [1.82, 2.24) is 0 Å². The molecule has 1 aliphatic rings.